The average Bonchev–Trinajstić information content (AvgIpc) is 3.27. The lowest BCUT2D eigenvalue weighted by Crippen LogP contribution is -2.45. The number of aromatic nitrogens is 4. The van der Waals surface area contributed by atoms with Gasteiger partial charge in [-0.1, -0.05) is 12.1 Å². The molecule has 0 aliphatic carbocycles. The maximum absolute atomic E-state index is 12.4. The van der Waals surface area contributed by atoms with E-state index >= 15 is 0 Å². The van der Waals surface area contributed by atoms with Crippen LogP contribution in [-0.4, -0.2) is 85.8 Å². The van der Waals surface area contributed by atoms with Crippen molar-refractivity contribution in [2.45, 2.75) is 65.0 Å². The van der Waals surface area contributed by atoms with Crippen LogP contribution in [0.2, 0.25) is 0 Å². The lowest BCUT2D eigenvalue weighted by Gasteiger charge is -2.38. The average molecular weight is 536 g/mol. The van der Waals surface area contributed by atoms with Crippen LogP contribution in [0.25, 0.3) is 22.3 Å². The smallest absolute Gasteiger partial charge is 0.410 e. The Bertz CT molecular complexity index is 1290. The van der Waals surface area contributed by atoms with Crippen LogP contribution in [0.4, 0.5) is 10.6 Å². The third-order valence-electron chi connectivity index (χ3n) is 7.66. The minimum atomic E-state index is -0.455. The molecule has 1 amide bonds. The van der Waals surface area contributed by atoms with Crippen molar-refractivity contribution in [3.63, 3.8) is 0 Å². The molecule has 10 nitrogen and oxygen atoms in total. The van der Waals surface area contributed by atoms with Gasteiger partial charge in [-0.15, -0.1) is 10.2 Å². The molecule has 39 heavy (non-hydrogen) atoms. The standard InChI is InChI=1S/C29H41N7O3/c1-5-30-27-26-24(18-23(31-32-26)22-8-6-7-9-25(22)37)36(33-27)21-12-14-34(15-13-21)19-20-10-16-35(17-11-20)28(38)39-29(2,3)4/h6-9,18,20-21,37H,5,10-17,19H2,1-4H3,(H,30,33). The summed E-state index contributed by atoms with van der Waals surface area (Å²) in [6.07, 6.45) is 3.85. The number of nitrogens with zero attached hydrogens (tertiary/aromatic N) is 6. The summed E-state index contributed by atoms with van der Waals surface area (Å²) in [4.78, 5) is 16.8. The third-order valence-corrected chi connectivity index (χ3v) is 7.66. The van der Waals surface area contributed by atoms with Gasteiger partial charge in [0.1, 0.15) is 11.4 Å². The van der Waals surface area contributed by atoms with Crippen LogP contribution in [0.5, 0.6) is 5.75 Å². The van der Waals surface area contributed by atoms with Crippen molar-refractivity contribution in [1.82, 2.24) is 29.8 Å². The van der Waals surface area contributed by atoms with E-state index in [2.05, 4.69) is 25.1 Å². The fraction of sp³-hybridized carbons (Fsp3) is 0.586. The third kappa shape index (κ3) is 6.27. The maximum atomic E-state index is 12.4. The summed E-state index contributed by atoms with van der Waals surface area (Å²) in [5, 5.41) is 27.5. The van der Waals surface area contributed by atoms with Crippen molar-refractivity contribution in [2.24, 2.45) is 5.92 Å². The second kappa shape index (κ2) is 11.4. The molecule has 0 spiro atoms. The van der Waals surface area contributed by atoms with Gasteiger partial charge < -0.3 is 25.0 Å². The number of anilines is 1. The van der Waals surface area contributed by atoms with Crippen molar-refractivity contribution >= 4 is 22.9 Å². The van der Waals surface area contributed by atoms with Crippen LogP contribution in [-0.2, 0) is 4.74 Å². The van der Waals surface area contributed by atoms with E-state index in [1.54, 1.807) is 12.1 Å². The van der Waals surface area contributed by atoms with E-state index in [1.165, 1.54) is 0 Å². The molecular weight excluding hydrogens is 494 g/mol. The number of amides is 1. The summed E-state index contributed by atoms with van der Waals surface area (Å²) in [7, 11) is 0. The van der Waals surface area contributed by atoms with Crippen LogP contribution < -0.4 is 5.32 Å². The second-order valence-electron chi connectivity index (χ2n) is 11.7. The molecule has 0 radical (unpaired) electrons. The van der Waals surface area contributed by atoms with Crippen molar-refractivity contribution < 1.29 is 14.6 Å². The first-order chi connectivity index (χ1) is 18.7. The van der Waals surface area contributed by atoms with Crippen LogP contribution >= 0.6 is 0 Å². The lowest BCUT2D eigenvalue weighted by molar-refractivity contribution is 0.0164. The number of piperidine rings is 2. The Morgan fingerprint density at radius 2 is 1.79 bits per heavy atom. The molecule has 5 rings (SSSR count). The van der Waals surface area contributed by atoms with Crippen molar-refractivity contribution in [1.29, 1.82) is 0 Å². The molecule has 10 heteroatoms. The van der Waals surface area contributed by atoms with Gasteiger partial charge in [-0.3, -0.25) is 4.68 Å². The van der Waals surface area contributed by atoms with Crippen molar-refractivity contribution in [3.8, 4) is 17.0 Å². The number of carbonyl (C=O) groups is 1. The number of phenols is 1. The number of hydrogen-bond acceptors (Lipinski definition) is 8. The number of fused-ring (bicyclic) bond motifs is 1. The van der Waals surface area contributed by atoms with E-state index < -0.39 is 5.60 Å². The molecular formula is C29H41N7O3. The summed E-state index contributed by atoms with van der Waals surface area (Å²) >= 11 is 0. The first-order valence-corrected chi connectivity index (χ1v) is 14.2. The molecule has 3 aromatic rings. The first-order valence-electron chi connectivity index (χ1n) is 14.2. The van der Waals surface area contributed by atoms with Gasteiger partial charge in [-0.25, -0.2) is 4.79 Å². The number of likely N-dealkylation sites (tertiary alicyclic amines) is 2. The number of benzene rings is 1. The molecule has 0 unspecified atom stereocenters. The minimum Gasteiger partial charge on any atom is -0.507 e. The summed E-state index contributed by atoms with van der Waals surface area (Å²) in [6, 6.07) is 9.48. The predicted molar refractivity (Wildman–Crippen MR) is 152 cm³/mol. The number of hydrogen-bond donors (Lipinski definition) is 2. The summed E-state index contributed by atoms with van der Waals surface area (Å²) in [6.45, 7) is 13.2. The number of carbonyl (C=O) groups excluding carboxylic acids is 1. The molecule has 2 fully saturated rings. The minimum absolute atomic E-state index is 0.189. The molecule has 4 heterocycles. The largest absolute Gasteiger partial charge is 0.507 e. The Hall–Kier alpha value is -3.40. The Labute approximate surface area is 230 Å². The first kappa shape index (κ1) is 27.2. The van der Waals surface area contributed by atoms with Gasteiger partial charge in [-0.2, -0.15) is 5.10 Å². The lowest BCUT2D eigenvalue weighted by atomic mass is 9.95. The van der Waals surface area contributed by atoms with E-state index in [4.69, 9.17) is 9.84 Å². The topological polar surface area (TPSA) is 109 Å². The van der Waals surface area contributed by atoms with Crippen molar-refractivity contribution in [3.05, 3.63) is 30.3 Å². The summed E-state index contributed by atoms with van der Waals surface area (Å²) in [5.74, 6) is 1.54. The maximum Gasteiger partial charge on any atom is 0.410 e. The number of aromatic hydroxyl groups is 1. The second-order valence-corrected chi connectivity index (χ2v) is 11.7. The van der Waals surface area contributed by atoms with Gasteiger partial charge in [0, 0.05) is 44.8 Å². The number of ether oxygens (including phenoxy) is 1. The fourth-order valence-corrected chi connectivity index (χ4v) is 5.66. The van der Waals surface area contributed by atoms with Gasteiger partial charge in [0.15, 0.2) is 11.3 Å². The van der Waals surface area contributed by atoms with Gasteiger partial charge in [0.2, 0.25) is 0 Å². The molecule has 2 aliphatic heterocycles. The Kier molecular flexibility index (Phi) is 7.93. The highest BCUT2D eigenvalue weighted by molar-refractivity contribution is 5.88. The highest BCUT2D eigenvalue weighted by atomic mass is 16.6. The summed E-state index contributed by atoms with van der Waals surface area (Å²) in [5.41, 5.74) is 2.54. The fourth-order valence-electron chi connectivity index (χ4n) is 5.66. The van der Waals surface area contributed by atoms with E-state index in [0.717, 1.165) is 81.8 Å². The predicted octanol–water partition coefficient (Wildman–Crippen LogP) is 4.91. The van der Waals surface area contributed by atoms with Gasteiger partial charge in [-0.05, 0) is 77.5 Å². The zero-order valence-corrected chi connectivity index (χ0v) is 23.6. The zero-order chi connectivity index (χ0) is 27.6. The quantitative estimate of drug-likeness (QED) is 0.458. The molecule has 1 aromatic carbocycles. The van der Waals surface area contributed by atoms with E-state index in [-0.39, 0.29) is 17.9 Å². The van der Waals surface area contributed by atoms with Crippen LogP contribution in [0.3, 0.4) is 0 Å². The molecule has 210 valence electrons. The highest BCUT2D eigenvalue weighted by Crippen LogP contribution is 2.33. The zero-order valence-electron chi connectivity index (χ0n) is 23.6. The number of phenolic OH excluding ortho intramolecular Hbond substituents is 1. The van der Waals surface area contributed by atoms with Gasteiger partial charge >= 0.3 is 6.09 Å². The normalized spacial score (nSPS) is 18.0. The number of nitrogens with one attached hydrogen (secondary N) is 1. The number of rotatable bonds is 6. The van der Waals surface area contributed by atoms with Gasteiger partial charge in [0.05, 0.1) is 17.3 Å². The molecule has 2 N–H and O–H groups in total. The molecule has 0 bridgehead atoms. The molecule has 2 saturated heterocycles. The number of para-hydroxylation sites is 1. The van der Waals surface area contributed by atoms with E-state index in [1.807, 2.05) is 50.8 Å². The molecule has 2 aromatic heterocycles. The van der Waals surface area contributed by atoms with Crippen molar-refractivity contribution in [2.75, 3.05) is 44.6 Å². The Balaban J connectivity index is 1.22. The monoisotopic (exact) mass is 535 g/mol. The molecule has 0 saturated carbocycles. The SMILES string of the molecule is CCNc1nn(C2CCN(CC3CCN(C(=O)OC(C)(C)C)CC3)CC2)c2cc(-c3ccccc3O)nnc12. The van der Waals surface area contributed by atoms with Crippen LogP contribution in [0, 0.1) is 5.92 Å². The molecule has 0 atom stereocenters. The Morgan fingerprint density at radius 3 is 2.46 bits per heavy atom. The molecule has 2 aliphatic rings. The van der Waals surface area contributed by atoms with Crippen LogP contribution in [0.15, 0.2) is 30.3 Å². The van der Waals surface area contributed by atoms with Gasteiger partial charge in [0.25, 0.3) is 0 Å². The van der Waals surface area contributed by atoms with E-state index in [0.29, 0.717) is 17.2 Å². The van der Waals surface area contributed by atoms with E-state index in [9.17, 15) is 9.90 Å². The highest BCUT2D eigenvalue weighted by Gasteiger charge is 2.30. The van der Waals surface area contributed by atoms with Crippen LogP contribution in [0.1, 0.15) is 59.4 Å². The Morgan fingerprint density at radius 1 is 1.08 bits per heavy atom. The summed E-state index contributed by atoms with van der Waals surface area (Å²) < 4.78 is 7.66.